The topological polar surface area (TPSA) is 64.4 Å². The number of carbonyl (C=O) groups is 1. The summed E-state index contributed by atoms with van der Waals surface area (Å²) in [4.78, 5) is 11.7. The Kier molecular flexibility index (Phi) is 4.80. The minimum absolute atomic E-state index is 0.0573. The van der Waals surface area contributed by atoms with Crippen molar-refractivity contribution >= 4 is 5.91 Å². The maximum atomic E-state index is 11.7. The number of carbonyl (C=O) groups excluding carboxylic acids is 1. The molecule has 1 amide bonds. The maximum Gasteiger partial charge on any atom is 0.221 e. The lowest BCUT2D eigenvalue weighted by atomic mass is 9.75. The van der Waals surface area contributed by atoms with Crippen molar-refractivity contribution in [2.75, 3.05) is 13.2 Å². The SMILES string of the molecule is NC1(CC(=O)NCCCOc2ccccc2)CCC1. The van der Waals surface area contributed by atoms with Crippen molar-refractivity contribution in [3.05, 3.63) is 30.3 Å². The second kappa shape index (κ2) is 6.57. The quantitative estimate of drug-likeness (QED) is 0.737. The van der Waals surface area contributed by atoms with Gasteiger partial charge in [-0.2, -0.15) is 0 Å². The number of para-hydroxylation sites is 1. The van der Waals surface area contributed by atoms with Crippen LogP contribution in [0.5, 0.6) is 5.75 Å². The van der Waals surface area contributed by atoms with Crippen molar-refractivity contribution in [2.24, 2.45) is 5.73 Å². The van der Waals surface area contributed by atoms with Gasteiger partial charge in [-0.3, -0.25) is 4.79 Å². The number of ether oxygens (including phenoxy) is 1. The van der Waals surface area contributed by atoms with Gasteiger partial charge in [0.25, 0.3) is 0 Å². The van der Waals surface area contributed by atoms with Crippen molar-refractivity contribution in [2.45, 2.75) is 37.6 Å². The standard InChI is InChI=1S/C15H22N2O2/c16-15(8-4-9-15)12-14(18)17-10-5-11-19-13-6-2-1-3-7-13/h1-3,6-7H,4-5,8-12,16H2,(H,17,18). The number of rotatable bonds is 7. The van der Waals surface area contributed by atoms with Crippen LogP contribution in [0.15, 0.2) is 30.3 Å². The number of nitrogens with two attached hydrogens (primary N) is 1. The molecule has 0 aliphatic heterocycles. The third kappa shape index (κ3) is 4.56. The van der Waals surface area contributed by atoms with Gasteiger partial charge in [-0.1, -0.05) is 18.2 Å². The van der Waals surface area contributed by atoms with Crippen molar-refractivity contribution in [1.29, 1.82) is 0 Å². The third-order valence-electron chi connectivity index (χ3n) is 3.52. The van der Waals surface area contributed by atoms with Gasteiger partial charge in [0.1, 0.15) is 5.75 Å². The number of hydrogen-bond acceptors (Lipinski definition) is 3. The number of amides is 1. The first-order valence-electron chi connectivity index (χ1n) is 6.91. The van der Waals surface area contributed by atoms with Gasteiger partial charge in [-0.25, -0.2) is 0 Å². The van der Waals surface area contributed by atoms with E-state index < -0.39 is 0 Å². The molecule has 4 nitrogen and oxygen atoms in total. The predicted molar refractivity (Wildman–Crippen MR) is 75.0 cm³/mol. The molecule has 19 heavy (non-hydrogen) atoms. The van der Waals surface area contributed by atoms with Gasteiger partial charge in [-0.15, -0.1) is 0 Å². The van der Waals surface area contributed by atoms with Crippen LogP contribution in [-0.4, -0.2) is 24.6 Å². The van der Waals surface area contributed by atoms with Gasteiger partial charge in [-0.05, 0) is 37.8 Å². The highest BCUT2D eigenvalue weighted by atomic mass is 16.5. The Balaban J connectivity index is 1.53. The molecule has 1 aromatic carbocycles. The van der Waals surface area contributed by atoms with E-state index in [1.165, 1.54) is 0 Å². The molecule has 0 atom stereocenters. The van der Waals surface area contributed by atoms with Crippen LogP contribution in [0.4, 0.5) is 0 Å². The van der Waals surface area contributed by atoms with Gasteiger partial charge < -0.3 is 15.8 Å². The highest BCUT2D eigenvalue weighted by molar-refractivity contribution is 5.77. The molecule has 1 aliphatic rings. The largest absolute Gasteiger partial charge is 0.494 e. The van der Waals surface area contributed by atoms with Gasteiger partial charge >= 0.3 is 0 Å². The second-order valence-corrected chi connectivity index (χ2v) is 5.26. The fraction of sp³-hybridized carbons (Fsp3) is 0.533. The Morgan fingerprint density at radius 1 is 1.32 bits per heavy atom. The lowest BCUT2D eigenvalue weighted by Gasteiger charge is -2.37. The number of nitrogens with one attached hydrogen (secondary N) is 1. The summed E-state index contributed by atoms with van der Waals surface area (Å²) in [7, 11) is 0. The Hall–Kier alpha value is -1.55. The minimum atomic E-state index is -0.232. The molecule has 0 bridgehead atoms. The van der Waals surface area contributed by atoms with E-state index >= 15 is 0 Å². The van der Waals surface area contributed by atoms with E-state index in [0.717, 1.165) is 31.4 Å². The summed E-state index contributed by atoms with van der Waals surface area (Å²) in [6.45, 7) is 1.25. The zero-order valence-electron chi connectivity index (χ0n) is 11.2. The summed E-state index contributed by atoms with van der Waals surface area (Å²) in [5.74, 6) is 0.922. The molecule has 1 saturated carbocycles. The third-order valence-corrected chi connectivity index (χ3v) is 3.52. The number of hydrogen-bond donors (Lipinski definition) is 2. The molecule has 2 rings (SSSR count). The monoisotopic (exact) mass is 262 g/mol. The van der Waals surface area contributed by atoms with Crippen LogP contribution < -0.4 is 15.8 Å². The van der Waals surface area contributed by atoms with Crippen molar-refractivity contribution in [3.63, 3.8) is 0 Å². The van der Waals surface area contributed by atoms with E-state index in [-0.39, 0.29) is 11.4 Å². The molecule has 0 heterocycles. The van der Waals surface area contributed by atoms with Gasteiger partial charge in [0, 0.05) is 18.5 Å². The van der Waals surface area contributed by atoms with Crippen LogP contribution >= 0.6 is 0 Å². The normalized spacial score (nSPS) is 16.5. The highest BCUT2D eigenvalue weighted by Gasteiger charge is 2.34. The van der Waals surface area contributed by atoms with Crippen molar-refractivity contribution in [1.82, 2.24) is 5.32 Å². The van der Waals surface area contributed by atoms with Gasteiger partial charge in [0.05, 0.1) is 6.61 Å². The van der Waals surface area contributed by atoms with E-state index in [4.69, 9.17) is 10.5 Å². The minimum Gasteiger partial charge on any atom is -0.494 e. The van der Waals surface area contributed by atoms with E-state index in [0.29, 0.717) is 19.6 Å². The molecule has 104 valence electrons. The zero-order valence-corrected chi connectivity index (χ0v) is 11.2. The Morgan fingerprint density at radius 3 is 2.68 bits per heavy atom. The molecule has 0 spiro atoms. The molecule has 1 aliphatic carbocycles. The molecule has 0 aromatic heterocycles. The average Bonchev–Trinajstić information content (AvgIpc) is 2.38. The summed E-state index contributed by atoms with van der Waals surface area (Å²) in [6.07, 6.45) is 4.34. The first-order chi connectivity index (χ1) is 9.18. The molecule has 0 unspecified atom stereocenters. The van der Waals surface area contributed by atoms with Gasteiger partial charge in [0.15, 0.2) is 0 Å². The fourth-order valence-corrected chi connectivity index (χ4v) is 2.20. The highest BCUT2D eigenvalue weighted by Crippen LogP contribution is 2.31. The summed E-state index contributed by atoms with van der Waals surface area (Å²) in [5, 5.41) is 2.89. The zero-order chi connectivity index (χ0) is 13.6. The second-order valence-electron chi connectivity index (χ2n) is 5.26. The lowest BCUT2D eigenvalue weighted by molar-refractivity contribution is -0.123. The Bertz CT molecular complexity index is 402. The molecule has 0 saturated heterocycles. The summed E-state index contributed by atoms with van der Waals surface area (Å²) in [5.41, 5.74) is 5.79. The molecule has 4 heteroatoms. The van der Waals surface area contributed by atoms with E-state index in [1.807, 2.05) is 30.3 Å². The van der Waals surface area contributed by atoms with Crippen molar-refractivity contribution < 1.29 is 9.53 Å². The summed E-state index contributed by atoms with van der Waals surface area (Å²) in [6, 6.07) is 9.68. The van der Waals surface area contributed by atoms with E-state index in [1.54, 1.807) is 0 Å². The summed E-state index contributed by atoms with van der Waals surface area (Å²) < 4.78 is 5.55. The van der Waals surface area contributed by atoms with E-state index in [2.05, 4.69) is 5.32 Å². The van der Waals surface area contributed by atoms with Crippen LogP contribution in [0.1, 0.15) is 32.1 Å². The molecule has 1 fully saturated rings. The van der Waals surface area contributed by atoms with Gasteiger partial charge in [0.2, 0.25) is 5.91 Å². The fourth-order valence-electron chi connectivity index (χ4n) is 2.20. The van der Waals surface area contributed by atoms with E-state index in [9.17, 15) is 4.79 Å². The predicted octanol–water partition coefficient (Wildman–Crippen LogP) is 1.84. The molecular weight excluding hydrogens is 240 g/mol. The molecule has 0 radical (unpaired) electrons. The summed E-state index contributed by atoms with van der Waals surface area (Å²) >= 11 is 0. The molecule has 3 N–H and O–H groups in total. The van der Waals surface area contributed by atoms with Crippen LogP contribution in [0.25, 0.3) is 0 Å². The molecular formula is C15H22N2O2. The lowest BCUT2D eigenvalue weighted by Crippen LogP contribution is -2.50. The average molecular weight is 262 g/mol. The smallest absolute Gasteiger partial charge is 0.221 e. The first-order valence-corrected chi connectivity index (χ1v) is 6.91. The molecule has 1 aromatic rings. The van der Waals surface area contributed by atoms with Crippen LogP contribution in [0, 0.1) is 0 Å². The van der Waals surface area contributed by atoms with Crippen molar-refractivity contribution in [3.8, 4) is 5.75 Å². The number of benzene rings is 1. The van der Waals surface area contributed by atoms with Crippen LogP contribution in [0.2, 0.25) is 0 Å². The maximum absolute atomic E-state index is 11.7. The Morgan fingerprint density at radius 2 is 2.05 bits per heavy atom. The van der Waals surface area contributed by atoms with Crippen LogP contribution in [0.3, 0.4) is 0 Å². The van der Waals surface area contributed by atoms with Crippen LogP contribution in [-0.2, 0) is 4.79 Å². The first kappa shape index (κ1) is 13.9. The Labute approximate surface area is 114 Å².